The van der Waals surface area contributed by atoms with Crippen LogP contribution in [0.15, 0.2) is 47.6 Å². The number of fused-ring (bicyclic) bond motifs is 1. The topological polar surface area (TPSA) is 71.5 Å². The number of rotatable bonds is 9. The van der Waals surface area contributed by atoms with E-state index in [0.29, 0.717) is 19.2 Å². The van der Waals surface area contributed by atoms with Crippen molar-refractivity contribution < 1.29 is 9.47 Å². The number of benzene rings is 2. The summed E-state index contributed by atoms with van der Waals surface area (Å²) in [4.78, 5) is 7.61. The predicted octanol–water partition coefficient (Wildman–Crippen LogP) is 4.59. The number of aromatic nitrogens is 2. The molecule has 6 heteroatoms. The highest BCUT2D eigenvalue weighted by molar-refractivity contribution is 5.84. The van der Waals surface area contributed by atoms with Crippen molar-refractivity contribution >= 4 is 23.2 Å². The van der Waals surface area contributed by atoms with Gasteiger partial charge in [-0.2, -0.15) is 5.10 Å². The maximum absolute atomic E-state index is 5.84. The third-order valence-electron chi connectivity index (χ3n) is 3.68. The van der Waals surface area contributed by atoms with Crippen molar-refractivity contribution in [1.82, 2.24) is 9.97 Å². The Morgan fingerprint density at radius 1 is 1.08 bits per heavy atom. The minimum absolute atomic E-state index is 0.598. The van der Waals surface area contributed by atoms with Gasteiger partial charge in [0.15, 0.2) is 0 Å². The van der Waals surface area contributed by atoms with Crippen molar-refractivity contribution in [2.75, 3.05) is 18.6 Å². The molecular weight excluding hydrogens is 328 g/mol. The smallest absolute Gasteiger partial charge is 0.222 e. The molecule has 0 fully saturated rings. The van der Waals surface area contributed by atoms with Gasteiger partial charge in [0.2, 0.25) is 5.95 Å². The molecule has 0 atom stereocenters. The van der Waals surface area contributed by atoms with Crippen LogP contribution in [0.5, 0.6) is 11.5 Å². The highest BCUT2D eigenvalue weighted by atomic mass is 16.5. The molecule has 0 amide bonds. The van der Waals surface area contributed by atoms with E-state index < -0.39 is 0 Å². The molecule has 0 aliphatic carbocycles. The molecule has 0 saturated heterocycles. The molecule has 3 aromatic rings. The summed E-state index contributed by atoms with van der Waals surface area (Å²) >= 11 is 0. The third kappa shape index (κ3) is 4.53. The number of hydrazone groups is 1. The molecule has 3 rings (SSSR count). The molecule has 0 aliphatic rings. The van der Waals surface area contributed by atoms with Crippen LogP contribution >= 0.6 is 0 Å². The monoisotopic (exact) mass is 352 g/mol. The van der Waals surface area contributed by atoms with Gasteiger partial charge in [-0.05, 0) is 37.1 Å². The molecule has 1 aromatic heterocycles. The normalized spacial score (nSPS) is 11.2. The van der Waals surface area contributed by atoms with Crippen LogP contribution in [0.2, 0.25) is 0 Å². The van der Waals surface area contributed by atoms with Gasteiger partial charge in [0, 0.05) is 11.6 Å². The third-order valence-corrected chi connectivity index (χ3v) is 3.68. The van der Waals surface area contributed by atoms with Crippen molar-refractivity contribution in [3.05, 3.63) is 48.0 Å². The number of para-hydroxylation sites is 2. The Hall–Kier alpha value is -3.02. The average molecular weight is 352 g/mol. The highest BCUT2D eigenvalue weighted by Crippen LogP contribution is 2.24. The first-order valence-electron chi connectivity index (χ1n) is 8.93. The first kappa shape index (κ1) is 17.8. The number of H-pyrrole nitrogens is 1. The molecule has 0 spiro atoms. The Morgan fingerprint density at radius 3 is 2.69 bits per heavy atom. The largest absolute Gasteiger partial charge is 0.493 e. The molecule has 2 aromatic carbocycles. The van der Waals surface area contributed by atoms with Crippen LogP contribution in [-0.2, 0) is 0 Å². The number of imidazole rings is 1. The molecular formula is C20H24N4O2. The number of aromatic amines is 1. The predicted molar refractivity (Wildman–Crippen MR) is 105 cm³/mol. The molecule has 0 unspecified atom stereocenters. The second kappa shape index (κ2) is 8.89. The Bertz CT molecular complexity index is 840. The summed E-state index contributed by atoms with van der Waals surface area (Å²) in [5, 5.41) is 4.28. The average Bonchev–Trinajstić information content (AvgIpc) is 3.08. The maximum atomic E-state index is 5.84. The van der Waals surface area contributed by atoms with Gasteiger partial charge in [-0.15, -0.1) is 0 Å². The summed E-state index contributed by atoms with van der Waals surface area (Å²) < 4.78 is 11.5. The fourth-order valence-electron chi connectivity index (χ4n) is 2.44. The van der Waals surface area contributed by atoms with Crippen LogP contribution in [-0.4, -0.2) is 29.4 Å². The van der Waals surface area contributed by atoms with Gasteiger partial charge < -0.3 is 14.5 Å². The lowest BCUT2D eigenvalue weighted by Gasteiger charge is -2.11. The molecule has 2 N–H and O–H groups in total. The second-order valence-electron chi connectivity index (χ2n) is 5.87. The second-order valence-corrected chi connectivity index (χ2v) is 5.87. The zero-order valence-electron chi connectivity index (χ0n) is 15.2. The van der Waals surface area contributed by atoms with E-state index in [1.54, 1.807) is 6.21 Å². The Kier molecular flexibility index (Phi) is 6.09. The van der Waals surface area contributed by atoms with Gasteiger partial charge >= 0.3 is 0 Å². The van der Waals surface area contributed by atoms with Gasteiger partial charge in [0.1, 0.15) is 11.5 Å². The summed E-state index contributed by atoms with van der Waals surface area (Å²) in [6.45, 7) is 5.50. The van der Waals surface area contributed by atoms with Crippen LogP contribution in [0.3, 0.4) is 0 Å². The van der Waals surface area contributed by atoms with E-state index in [0.717, 1.165) is 40.9 Å². The highest BCUT2D eigenvalue weighted by Gasteiger charge is 2.05. The van der Waals surface area contributed by atoms with Crippen LogP contribution in [0.4, 0.5) is 5.95 Å². The van der Waals surface area contributed by atoms with Crippen molar-refractivity contribution in [2.45, 2.75) is 26.7 Å². The standard InChI is InChI=1S/C20H24N4O2/c1-3-11-25-16-10-9-15(19(13-16)26-12-4-2)14-21-24-20-22-17-7-5-6-8-18(17)23-20/h5-10,13-14H,3-4,11-12H2,1-2H3,(H2,22,23,24)/b21-14-. The SMILES string of the molecule is CCCOc1ccc(/C=N\Nc2nc3ccccc3[nH]2)c(OCCC)c1. The minimum atomic E-state index is 0.598. The van der Waals surface area contributed by atoms with Crippen molar-refractivity contribution in [3.8, 4) is 11.5 Å². The number of nitrogens with zero attached hydrogens (tertiary/aromatic N) is 2. The van der Waals surface area contributed by atoms with Gasteiger partial charge in [0.25, 0.3) is 0 Å². The van der Waals surface area contributed by atoms with E-state index in [2.05, 4.69) is 34.3 Å². The Balaban J connectivity index is 1.72. The number of anilines is 1. The van der Waals surface area contributed by atoms with E-state index >= 15 is 0 Å². The number of hydrogen-bond donors (Lipinski definition) is 2. The van der Waals surface area contributed by atoms with Gasteiger partial charge in [-0.25, -0.2) is 10.4 Å². The summed E-state index contributed by atoms with van der Waals surface area (Å²) in [6.07, 6.45) is 3.63. The fraction of sp³-hybridized carbons (Fsp3) is 0.300. The lowest BCUT2D eigenvalue weighted by molar-refractivity contribution is 0.301. The van der Waals surface area contributed by atoms with Crippen LogP contribution in [0.25, 0.3) is 11.0 Å². The first-order valence-corrected chi connectivity index (χ1v) is 8.93. The van der Waals surface area contributed by atoms with Crippen LogP contribution in [0.1, 0.15) is 32.3 Å². The van der Waals surface area contributed by atoms with Crippen molar-refractivity contribution in [3.63, 3.8) is 0 Å². The molecule has 0 saturated carbocycles. The quantitative estimate of drug-likeness (QED) is 0.436. The van der Waals surface area contributed by atoms with E-state index in [1.807, 2.05) is 42.5 Å². The zero-order valence-corrected chi connectivity index (χ0v) is 15.2. The molecule has 6 nitrogen and oxygen atoms in total. The number of nitrogens with one attached hydrogen (secondary N) is 2. The van der Waals surface area contributed by atoms with Crippen LogP contribution in [0, 0.1) is 0 Å². The Labute approximate surface area is 153 Å². The molecule has 0 bridgehead atoms. The van der Waals surface area contributed by atoms with Crippen molar-refractivity contribution in [2.24, 2.45) is 5.10 Å². The minimum Gasteiger partial charge on any atom is -0.493 e. The molecule has 1 heterocycles. The first-order chi connectivity index (χ1) is 12.8. The lowest BCUT2D eigenvalue weighted by atomic mass is 10.2. The molecule has 26 heavy (non-hydrogen) atoms. The van der Waals surface area contributed by atoms with E-state index in [1.165, 1.54) is 0 Å². The maximum Gasteiger partial charge on any atom is 0.222 e. The van der Waals surface area contributed by atoms with E-state index in [9.17, 15) is 0 Å². The van der Waals surface area contributed by atoms with Gasteiger partial charge in [-0.1, -0.05) is 26.0 Å². The Morgan fingerprint density at radius 2 is 1.88 bits per heavy atom. The summed E-state index contributed by atoms with van der Waals surface area (Å²) in [5.74, 6) is 2.16. The summed E-state index contributed by atoms with van der Waals surface area (Å²) in [7, 11) is 0. The lowest BCUT2D eigenvalue weighted by Crippen LogP contribution is -2.01. The van der Waals surface area contributed by atoms with E-state index in [4.69, 9.17) is 9.47 Å². The van der Waals surface area contributed by atoms with Crippen molar-refractivity contribution in [1.29, 1.82) is 0 Å². The molecule has 0 radical (unpaired) electrons. The summed E-state index contributed by atoms with van der Waals surface area (Å²) in [5.41, 5.74) is 5.68. The van der Waals surface area contributed by atoms with Crippen LogP contribution < -0.4 is 14.9 Å². The van der Waals surface area contributed by atoms with E-state index in [-0.39, 0.29) is 0 Å². The number of ether oxygens (including phenoxy) is 2. The van der Waals surface area contributed by atoms with Gasteiger partial charge in [-0.3, -0.25) is 0 Å². The number of hydrogen-bond acceptors (Lipinski definition) is 5. The summed E-state index contributed by atoms with van der Waals surface area (Å²) in [6, 6.07) is 13.6. The van der Waals surface area contributed by atoms with Gasteiger partial charge in [0.05, 0.1) is 30.5 Å². The molecule has 136 valence electrons. The fourth-order valence-corrected chi connectivity index (χ4v) is 2.44. The molecule has 0 aliphatic heterocycles. The zero-order chi connectivity index (χ0) is 18.2.